The first kappa shape index (κ1) is 33.3. The van der Waals surface area contributed by atoms with Crippen molar-refractivity contribution >= 4 is 46.1 Å². The van der Waals surface area contributed by atoms with Crippen LogP contribution in [0.3, 0.4) is 0 Å². The summed E-state index contributed by atoms with van der Waals surface area (Å²) in [6.45, 7) is 1.72. The van der Waals surface area contributed by atoms with Crippen LogP contribution in [0.2, 0.25) is 0 Å². The van der Waals surface area contributed by atoms with Crippen LogP contribution in [0, 0.1) is 11.3 Å². The topological polar surface area (TPSA) is 153 Å². The lowest BCUT2D eigenvalue weighted by Gasteiger charge is -2.31. The number of hydrogen-bond donors (Lipinski definition) is 1. The molecule has 15 heteroatoms. The molecule has 4 aromatic rings. The Morgan fingerprint density at radius 1 is 1.02 bits per heavy atom. The van der Waals surface area contributed by atoms with Crippen molar-refractivity contribution in [3.05, 3.63) is 71.8 Å². The second kappa shape index (κ2) is 14.9. The first-order valence-electron chi connectivity index (χ1n) is 13.4. The van der Waals surface area contributed by atoms with Gasteiger partial charge in [-0.25, -0.2) is 17.7 Å². The molecule has 2 aromatic carbocycles. The summed E-state index contributed by atoms with van der Waals surface area (Å²) in [6, 6.07) is 18.5. The minimum Gasteiger partial charge on any atom is -0.494 e. The molecule has 4 rings (SSSR count). The third-order valence-electron chi connectivity index (χ3n) is 6.85. The average Bonchev–Trinajstić information content (AvgIpc) is 3.48. The van der Waals surface area contributed by atoms with Crippen LogP contribution in [0.15, 0.2) is 60.7 Å². The van der Waals surface area contributed by atoms with Crippen LogP contribution >= 0.6 is 30.1 Å². The zero-order valence-corrected chi connectivity index (χ0v) is 28.2. The molecule has 0 radical (unpaired) electrons. The normalized spacial score (nSPS) is 12.7. The summed E-state index contributed by atoms with van der Waals surface area (Å²) in [7, 11) is 1.61. The highest BCUT2D eigenvalue weighted by Crippen LogP contribution is 2.40. The largest absolute Gasteiger partial charge is 0.494 e. The maximum atomic E-state index is 14.6. The van der Waals surface area contributed by atoms with E-state index in [0.717, 1.165) is 0 Å². The van der Waals surface area contributed by atoms with Crippen molar-refractivity contribution < 1.29 is 27.7 Å². The fourth-order valence-electron chi connectivity index (χ4n) is 4.70. The van der Waals surface area contributed by atoms with Crippen LogP contribution in [0.4, 0.5) is 5.95 Å². The first-order valence-corrected chi connectivity index (χ1v) is 18.4. The number of nitrogens with zero attached hydrogens (tertiary/aromatic N) is 6. The lowest BCUT2D eigenvalue weighted by atomic mass is 10.0. The molecule has 1 N–H and O–H groups in total. The van der Waals surface area contributed by atoms with Gasteiger partial charge in [0.15, 0.2) is 5.82 Å². The molecule has 2 heterocycles. The summed E-state index contributed by atoms with van der Waals surface area (Å²) in [5, 5.41) is 28.1. The van der Waals surface area contributed by atoms with Gasteiger partial charge >= 0.3 is 0 Å². The Morgan fingerprint density at radius 2 is 1.68 bits per heavy atom. The van der Waals surface area contributed by atoms with E-state index in [4.69, 9.17) is 14.2 Å². The van der Waals surface area contributed by atoms with E-state index in [1.165, 1.54) is 39.1 Å². The molecule has 0 saturated heterocycles. The fourth-order valence-corrected chi connectivity index (χ4v) is 7.58. The highest BCUT2D eigenvalue weighted by Gasteiger charge is 2.40. The standard InChI is InChI=1S/C29H31IN6O6S2/c1-5-24(27(37)20-14-12-19(18-31)13-15-20)44(38,39)35(16-17-43-30)29-34-33-28(21-8-6-11-25(32-21)42-4)36(29)26-22(40-2)9-7-10-23(26)41-3/h6-15,24,27,37H,5,16-17H2,1-4H3/t24-,27+/m0/s1. The van der Waals surface area contributed by atoms with E-state index < -0.39 is 21.4 Å². The predicted molar refractivity (Wildman–Crippen MR) is 177 cm³/mol. The van der Waals surface area contributed by atoms with Crippen molar-refractivity contribution in [2.45, 2.75) is 24.7 Å². The van der Waals surface area contributed by atoms with Gasteiger partial charge < -0.3 is 19.3 Å². The molecule has 2 atom stereocenters. The van der Waals surface area contributed by atoms with E-state index >= 15 is 0 Å². The lowest BCUT2D eigenvalue weighted by molar-refractivity contribution is 0.169. The summed E-state index contributed by atoms with van der Waals surface area (Å²) in [5.74, 6) is 1.66. The second-order valence-electron chi connectivity index (χ2n) is 9.29. The van der Waals surface area contributed by atoms with Crippen LogP contribution in [0.5, 0.6) is 17.4 Å². The number of nitriles is 1. The molecule has 232 valence electrons. The number of benzene rings is 2. The smallest absolute Gasteiger partial charge is 0.246 e. The molecule has 0 spiro atoms. The number of hydrogen-bond acceptors (Lipinski definition) is 11. The Labute approximate surface area is 272 Å². The van der Waals surface area contributed by atoms with Gasteiger partial charge in [0, 0.05) is 18.4 Å². The maximum Gasteiger partial charge on any atom is 0.246 e. The Kier molecular flexibility index (Phi) is 11.3. The molecular weight excluding hydrogens is 719 g/mol. The van der Waals surface area contributed by atoms with E-state index in [1.807, 2.05) is 6.07 Å². The minimum atomic E-state index is -4.30. The Hall–Kier alpha value is -3.59. The second-order valence-corrected chi connectivity index (χ2v) is 13.9. The van der Waals surface area contributed by atoms with Gasteiger partial charge in [0.05, 0.1) is 39.1 Å². The average molecular weight is 751 g/mol. The number of rotatable bonds is 14. The summed E-state index contributed by atoms with van der Waals surface area (Å²) in [4.78, 5) is 4.53. The zero-order valence-electron chi connectivity index (χ0n) is 24.4. The number of sulfonamides is 1. The molecular formula is C29H31IN6O6S2. The van der Waals surface area contributed by atoms with Crippen LogP contribution in [0.25, 0.3) is 17.2 Å². The monoisotopic (exact) mass is 750 g/mol. The Balaban J connectivity index is 1.98. The van der Waals surface area contributed by atoms with Crippen molar-refractivity contribution in [1.29, 1.82) is 5.26 Å². The van der Waals surface area contributed by atoms with E-state index in [-0.39, 0.29) is 24.7 Å². The third-order valence-corrected chi connectivity index (χ3v) is 10.8. The van der Waals surface area contributed by atoms with Gasteiger partial charge in [-0.3, -0.25) is 4.57 Å². The van der Waals surface area contributed by atoms with Crippen molar-refractivity contribution in [2.24, 2.45) is 0 Å². The van der Waals surface area contributed by atoms with E-state index in [1.54, 1.807) is 67.6 Å². The third kappa shape index (κ3) is 6.72. The van der Waals surface area contributed by atoms with Gasteiger partial charge in [0.25, 0.3) is 0 Å². The highest BCUT2D eigenvalue weighted by molar-refractivity contribution is 14.2. The number of methoxy groups -OCH3 is 3. The molecule has 0 aliphatic carbocycles. The molecule has 12 nitrogen and oxygen atoms in total. The molecule has 0 unspecified atom stereocenters. The highest BCUT2D eigenvalue weighted by atomic mass is 127. The number of aliphatic hydroxyl groups is 1. The Morgan fingerprint density at radius 3 is 2.25 bits per heavy atom. The molecule has 0 amide bonds. The van der Waals surface area contributed by atoms with Crippen LogP contribution in [-0.4, -0.2) is 72.1 Å². The summed E-state index contributed by atoms with van der Waals surface area (Å²) >= 11 is 2.10. The van der Waals surface area contributed by atoms with E-state index in [9.17, 15) is 18.8 Å². The number of para-hydroxylation sites is 1. The molecule has 0 aliphatic rings. The zero-order chi connectivity index (χ0) is 31.9. The first-order chi connectivity index (χ1) is 21.2. The molecule has 44 heavy (non-hydrogen) atoms. The Bertz CT molecular complexity index is 1710. The van der Waals surface area contributed by atoms with Crippen molar-refractivity contribution in [1.82, 2.24) is 19.7 Å². The molecule has 0 saturated carbocycles. The lowest BCUT2D eigenvalue weighted by Crippen LogP contribution is -2.44. The van der Waals surface area contributed by atoms with E-state index in [0.29, 0.717) is 45.6 Å². The van der Waals surface area contributed by atoms with E-state index in [2.05, 4.69) is 36.4 Å². The number of pyridine rings is 1. The number of halogens is 1. The molecule has 2 aromatic heterocycles. The molecule has 0 bridgehead atoms. The number of aromatic nitrogens is 4. The quantitative estimate of drug-likeness (QED) is 0.174. The van der Waals surface area contributed by atoms with Crippen LogP contribution < -0.4 is 18.5 Å². The van der Waals surface area contributed by atoms with Crippen molar-refractivity contribution in [3.8, 4) is 40.7 Å². The van der Waals surface area contributed by atoms with Gasteiger partial charge in [0.2, 0.25) is 21.9 Å². The number of aliphatic hydroxyl groups excluding tert-OH is 1. The van der Waals surface area contributed by atoms with Crippen LogP contribution in [-0.2, 0) is 10.0 Å². The number of ether oxygens (including phenoxy) is 3. The van der Waals surface area contributed by atoms with Gasteiger partial charge in [-0.2, -0.15) is 5.26 Å². The molecule has 0 fully saturated rings. The van der Waals surface area contributed by atoms with Gasteiger partial charge in [-0.15, -0.1) is 10.2 Å². The summed E-state index contributed by atoms with van der Waals surface area (Å²) in [6.07, 6.45) is -1.29. The fraction of sp³-hybridized carbons (Fsp3) is 0.310. The van der Waals surface area contributed by atoms with Gasteiger partial charge in [-0.1, -0.05) is 40.1 Å². The molecule has 0 aliphatic heterocycles. The summed E-state index contributed by atoms with van der Waals surface area (Å²) in [5.41, 5.74) is 1.49. The maximum absolute atomic E-state index is 14.6. The number of anilines is 1. The SMILES string of the molecule is CC[C@@H]([C@H](O)c1ccc(C#N)cc1)S(=O)(=O)N(CCSI)c1nnc(-c2cccc(OC)n2)n1-c1c(OC)cccc1OC. The summed E-state index contributed by atoms with van der Waals surface area (Å²) < 4.78 is 48.6. The minimum absolute atomic E-state index is 0.0215. The van der Waals surface area contributed by atoms with Gasteiger partial charge in [0.1, 0.15) is 28.1 Å². The van der Waals surface area contributed by atoms with Gasteiger partial charge in [-0.05, 0) is 63.5 Å². The van der Waals surface area contributed by atoms with Crippen LogP contribution in [0.1, 0.15) is 30.6 Å². The van der Waals surface area contributed by atoms with Crippen molar-refractivity contribution in [2.75, 3.05) is 37.9 Å². The van der Waals surface area contributed by atoms with Crippen molar-refractivity contribution in [3.63, 3.8) is 0 Å². The predicted octanol–water partition coefficient (Wildman–Crippen LogP) is 4.96.